The van der Waals surface area contributed by atoms with Crippen LogP contribution in [0.1, 0.15) is 25.6 Å². The van der Waals surface area contributed by atoms with Gasteiger partial charge in [-0.15, -0.1) is 11.3 Å². The summed E-state index contributed by atoms with van der Waals surface area (Å²) in [6.45, 7) is 1.75. The number of carbonyl (C=O) groups excluding carboxylic acids is 2. The Bertz CT molecular complexity index is 714. The number of ether oxygens (including phenoxy) is 1. The number of hydrogen-bond donors (Lipinski definition) is 1. The van der Waals surface area contributed by atoms with Crippen molar-refractivity contribution < 1.29 is 18.7 Å². The van der Waals surface area contributed by atoms with Crippen LogP contribution < -0.4 is 5.32 Å². The minimum atomic E-state index is -0.644. The number of rotatable bonds is 3. The topological polar surface area (TPSA) is 55.4 Å². The molecule has 0 aliphatic carbocycles. The molecule has 0 saturated carbocycles. The third kappa shape index (κ3) is 3.30. The highest BCUT2D eigenvalue weighted by atomic mass is 79.9. The summed E-state index contributed by atoms with van der Waals surface area (Å²) in [6, 6.07) is 4.14. The van der Waals surface area contributed by atoms with Gasteiger partial charge in [0.1, 0.15) is 10.7 Å². The fourth-order valence-electron chi connectivity index (χ4n) is 1.70. The lowest BCUT2D eigenvalue weighted by Gasteiger charge is -2.08. The van der Waals surface area contributed by atoms with E-state index in [9.17, 15) is 14.0 Å². The van der Waals surface area contributed by atoms with Crippen LogP contribution in [-0.4, -0.2) is 19.0 Å². The average Bonchev–Trinajstić information content (AvgIpc) is 2.79. The van der Waals surface area contributed by atoms with E-state index in [2.05, 4.69) is 26.0 Å². The number of thiophene rings is 1. The Morgan fingerprint density at radius 3 is 2.71 bits per heavy atom. The van der Waals surface area contributed by atoms with E-state index in [1.807, 2.05) is 0 Å². The molecule has 1 amide bonds. The van der Waals surface area contributed by atoms with Gasteiger partial charge in [-0.2, -0.15) is 0 Å². The molecule has 0 aliphatic heterocycles. The van der Waals surface area contributed by atoms with Crippen LogP contribution in [-0.2, 0) is 4.74 Å². The lowest BCUT2D eigenvalue weighted by molar-refractivity contribution is 0.0607. The number of halogens is 2. The summed E-state index contributed by atoms with van der Waals surface area (Å²) in [6.07, 6.45) is 0. The smallest absolute Gasteiger partial charge is 0.350 e. The minimum absolute atomic E-state index is 0.0976. The Morgan fingerprint density at radius 2 is 2.10 bits per heavy atom. The molecule has 0 saturated heterocycles. The minimum Gasteiger partial charge on any atom is -0.465 e. The maximum atomic E-state index is 13.8. The molecule has 7 heteroatoms. The first-order valence-electron chi connectivity index (χ1n) is 5.87. The lowest BCUT2D eigenvalue weighted by Crippen LogP contribution is -2.16. The molecule has 21 heavy (non-hydrogen) atoms. The molecule has 0 atom stereocenters. The molecule has 1 N–H and O–H groups in total. The van der Waals surface area contributed by atoms with Gasteiger partial charge in [0, 0.05) is 4.47 Å². The SMILES string of the molecule is COC(=O)c1scc(C)c1NC(=O)c1ccc(Br)cc1F. The van der Waals surface area contributed by atoms with E-state index in [1.165, 1.54) is 19.2 Å². The molecular weight excluding hydrogens is 361 g/mol. The van der Waals surface area contributed by atoms with Crippen LogP contribution >= 0.6 is 27.3 Å². The predicted octanol–water partition coefficient (Wildman–Crippen LogP) is 4.00. The van der Waals surface area contributed by atoms with Gasteiger partial charge in [-0.25, -0.2) is 9.18 Å². The summed E-state index contributed by atoms with van der Waals surface area (Å²) < 4.78 is 19.0. The molecule has 0 unspecified atom stereocenters. The fourth-order valence-corrected chi connectivity index (χ4v) is 2.95. The summed E-state index contributed by atoms with van der Waals surface area (Å²) >= 11 is 4.29. The van der Waals surface area contributed by atoms with Crippen molar-refractivity contribution >= 4 is 44.8 Å². The maximum Gasteiger partial charge on any atom is 0.350 e. The van der Waals surface area contributed by atoms with Crippen molar-refractivity contribution in [3.05, 3.63) is 49.9 Å². The second-order valence-corrected chi connectivity index (χ2v) is 5.99. The molecule has 1 aromatic heterocycles. The molecule has 0 radical (unpaired) electrons. The zero-order valence-corrected chi connectivity index (χ0v) is 13.6. The van der Waals surface area contributed by atoms with E-state index in [0.717, 1.165) is 11.3 Å². The number of carbonyl (C=O) groups is 2. The Kier molecular flexibility index (Phi) is 4.74. The normalized spacial score (nSPS) is 10.3. The van der Waals surface area contributed by atoms with Gasteiger partial charge in [-0.3, -0.25) is 4.79 Å². The van der Waals surface area contributed by atoms with Gasteiger partial charge >= 0.3 is 5.97 Å². The van der Waals surface area contributed by atoms with Crippen LogP contribution in [0.4, 0.5) is 10.1 Å². The van der Waals surface area contributed by atoms with Gasteiger partial charge in [0.15, 0.2) is 0 Å². The van der Waals surface area contributed by atoms with Crippen molar-refractivity contribution in [3.8, 4) is 0 Å². The van der Waals surface area contributed by atoms with Gasteiger partial charge < -0.3 is 10.1 Å². The second kappa shape index (κ2) is 6.36. The molecule has 0 bridgehead atoms. The van der Waals surface area contributed by atoms with Gasteiger partial charge in [-0.05, 0) is 36.1 Å². The van der Waals surface area contributed by atoms with Crippen molar-refractivity contribution in [2.24, 2.45) is 0 Å². The molecule has 0 spiro atoms. The first-order chi connectivity index (χ1) is 9.93. The molecule has 4 nitrogen and oxygen atoms in total. The third-order valence-corrected chi connectivity index (χ3v) is 4.33. The van der Waals surface area contributed by atoms with Crippen molar-refractivity contribution in [3.63, 3.8) is 0 Å². The number of esters is 1. The zero-order chi connectivity index (χ0) is 15.6. The van der Waals surface area contributed by atoms with Crippen LogP contribution in [0, 0.1) is 12.7 Å². The van der Waals surface area contributed by atoms with E-state index in [0.29, 0.717) is 15.7 Å². The Balaban J connectivity index is 2.32. The molecule has 0 aliphatic rings. The predicted molar refractivity (Wildman–Crippen MR) is 82.4 cm³/mol. The Morgan fingerprint density at radius 1 is 1.38 bits per heavy atom. The van der Waals surface area contributed by atoms with Crippen LogP contribution in [0.5, 0.6) is 0 Å². The van der Waals surface area contributed by atoms with E-state index >= 15 is 0 Å². The molecule has 1 aromatic carbocycles. The number of aryl methyl sites for hydroxylation is 1. The van der Waals surface area contributed by atoms with E-state index in [1.54, 1.807) is 18.4 Å². The van der Waals surface area contributed by atoms with Crippen LogP contribution in [0.2, 0.25) is 0 Å². The van der Waals surface area contributed by atoms with Gasteiger partial charge in [-0.1, -0.05) is 15.9 Å². The molecule has 2 aromatic rings. The monoisotopic (exact) mass is 371 g/mol. The Labute approximate surface area is 133 Å². The van der Waals surface area contributed by atoms with E-state index < -0.39 is 17.7 Å². The van der Waals surface area contributed by atoms with Crippen molar-refractivity contribution in [2.45, 2.75) is 6.92 Å². The summed E-state index contributed by atoms with van der Waals surface area (Å²) in [7, 11) is 1.26. The largest absolute Gasteiger partial charge is 0.465 e. The quantitative estimate of drug-likeness (QED) is 0.829. The summed E-state index contributed by atoms with van der Waals surface area (Å²) in [5.41, 5.74) is 0.963. The van der Waals surface area contributed by atoms with Gasteiger partial charge in [0.25, 0.3) is 5.91 Å². The van der Waals surface area contributed by atoms with Crippen molar-refractivity contribution in [2.75, 3.05) is 12.4 Å². The van der Waals surface area contributed by atoms with Gasteiger partial charge in [0.2, 0.25) is 0 Å². The number of hydrogen-bond acceptors (Lipinski definition) is 4. The zero-order valence-electron chi connectivity index (χ0n) is 11.2. The summed E-state index contributed by atoms with van der Waals surface area (Å²) in [4.78, 5) is 24.1. The highest BCUT2D eigenvalue weighted by Gasteiger charge is 2.20. The number of anilines is 1. The summed E-state index contributed by atoms with van der Waals surface area (Å²) in [5, 5.41) is 4.29. The number of benzene rings is 1. The highest BCUT2D eigenvalue weighted by Crippen LogP contribution is 2.29. The fraction of sp³-hybridized carbons (Fsp3) is 0.143. The lowest BCUT2D eigenvalue weighted by atomic mass is 10.2. The Hall–Kier alpha value is -1.73. The molecule has 2 rings (SSSR count). The number of nitrogens with one attached hydrogen (secondary N) is 1. The van der Waals surface area contributed by atoms with E-state index in [4.69, 9.17) is 0 Å². The molecular formula is C14H11BrFNO3S. The van der Waals surface area contributed by atoms with Crippen LogP contribution in [0.3, 0.4) is 0 Å². The molecule has 0 fully saturated rings. The first kappa shape index (κ1) is 15.7. The van der Waals surface area contributed by atoms with Crippen molar-refractivity contribution in [1.29, 1.82) is 0 Å². The van der Waals surface area contributed by atoms with Crippen molar-refractivity contribution in [1.82, 2.24) is 0 Å². The maximum absolute atomic E-state index is 13.8. The molecule has 1 heterocycles. The van der Waals surface area contributed by atoms with Crippen LogP contribution in [0.25, 0.3) is 0 Å². The van der Waals surface area contributed by atoms with Gasteiger partial charge in [0.05, 0.1) is 18.4 Å². The molecule has 110 valence electrons. The summed E-state index contributed by atoms with van der Waals surface area (Å²) in [5.74, 6) is -1.80. The number of amides is 1. The number of methoxy groups -OCH3 is 1. The highest BCUT2D eigenvalue weighted by molar-refractivity contribution is 9.10. The third-order valence-electron chi connectivity index (χ3n) is 2.76. The van der Waals surface area contributed by atoms with Crippen LogP contribution in [0.15, 0.2) is 28.1 Å². The second-order valence-electron chi connectivity index (χ2n) is 4.19. The first-order valence-corrected chi connectivity index (χ1v) is 7.54. The average molecular weight is 372 g/mol. The standard InChI is InChI=1S/C14H11BrFNO3S/c1-7-6-21-12(14(19)20-2)11(7)17-13(18)9-4-3-8(15)5-10(9)16/h3-6H,1-2H3,(H,17,18). The van der Waals surface area contributed by atoms with E-state index in [-0.39, 0.29) is 10.4 Å².